The van der Waals surface area contributed by atoms with Crippen LogP contribution in [0.15, 0.2) is 23.0 Å². The molecule has 2 aromatic rings. The predicted molar refractivity (Wildman–Crippen MR) is 120 cm³/mol. The van der Waals surface area contributed by atoms with E-state index in [0.29, 0.717) is 50.2 Å². The molecule has 1 aromatic heterocycles. The van der Waals surface area contributed by atoms with Gasteiger partial charge in [0.05, 0.1) is 11.3 Å². The van der Waals surface area contributed by atoms with Gasteiger partial charge < -0.3 is 21.1 Å². The fourth-order valence-electron chi connectivity index (χ4n) is 4.43. The van der Waals surface area contributed by atoms with Gasteiger partial charge in [-0.15, -0.1) is 24.8 Å². The number of halogens is 3. The molecule has 31 heavy (non-hydrogen) atoms. The average Bonchev–Trinajstić information content (AvgIpc) is 3.05. The molecule has 5 N–H and O–H groups in total. The summed E-state index contributed by atoms with van der Waals surface area (Å²) in [5.41, 5.74) is 12.5. The number of rotatable bonds is 4. The third-order valence-electron chi connectivity index (χ3n) is 5.94. The number of H-pyrrole nitrogens is 1. The highest BCUT2D eigenvalue weighted by atomic mass is 35.5. The van der Waals surface area contributed by atoms with Gasteiger partial charge in [-0.1, -0.05) is 0 Å². The van der Waals surface area contributed by atoms with E-state index in [0.717, 1.165) is 12.1 Å². The third-order valence-corrected chi connectivity index (χ3v) is 5.94. The quantitative estimate of drug-likeness (QED) is 0.620. The van der Waals surface area contributed by atoms with Gasteiger partial charge in [-0.25, -0.2) is 9.37 Å². The van der Waals surface area contributed by atoms with Gasteiger partial charge in [0.15, 0.2) is 0 Å². The van der Waals surface area contributed by atoms with Crippen LogP contribution in [0.3, 0.4) is 0 Å². The number of carbonyl (C=O) groups excluding carboxylic acids is 1. The van der Waals surface area contributed by atoms with E-state index in [1.54, 1.807) is 4.90 Å². The highest BCUT2D eigenvalue weighted by Gasteiger charge is 2.44. The van der Waals surface area contributed by atoms with Crippen molar-refractivity contribution in [2.45, 2.75) is 31.1 Å². The Bertz CT molecular complexity index is 1010. The Labute approximate surface area is 191 Å². The first kappa shape index (κ1) is 24.9. The highest BCUT2D eigenvalue weighted by molar-refractivity contribution is 5.97. The molecule has 1 fully saturated rings. The largest absolute Gasteiger partial charge is 0.491 e. The molecule has 2 aliphatic rings. The summed E-state index contributed by atoms with van der Waals surface area (Å²) < 4.78 is 19.3. The van der Waals surface area contributed by atoms with Crippen LogP contribution in [0.1, 0.15) is 40.9 Å². The topological polar surface area (TPSA) is 127 Å². The fraction of sp³-hybridized carbons (Fsp3) is 0.450. The van der Waals surface area contributed by atoms with Crippen molar-refractivity contribution in [2.24, 2.45) is 5.73 Å². The molecule has 0 unspecified atom stereocenters. The van der Waals surface area contributed by atoms with Gasteiger partial charge in [-0.2, -0.15) is 0 Å². The Balaban J connectivity index is 0.00000171. The molecule has 0 bridgehead atoms. The minimum Gasteiger partial charge on any atom is -0.491 e. The monoisotopic (exact) mass is 473 g/mol. The fourth-order valence-corrected chi connectivity index (χ4v) is 4.43. The van der Waals surface area contributed by atoms with Gasteiger partial charge in [-0.3, -0.25) is 14.6 Å². The number of nitrogens with zero attached hydrogens (tertiary/aromatic N) is 2. The minimum atomic E-state index is -0.495. The van der Waals surface area contributed by atoms with E-state index in [1.807, 2.05) is 0 Å². The van der Waals surface area contributed by atoms with Crippen molar-refractivity contribution in [2.75, 3.05) is 32.0 Å². The lowest BCUT2D eigenvalue weighted by Gasteiger charge is -2.39. The maximum Gasteiger partial charge on any atom is 0.257 e. The van der Waals surface area contributed by atoms with E-state index >= 15 is 0 Å². The molecule has 4 rings (SSSR count). The van der Waals surface area contributed by atoms with E-state index in [1.165, 1.54) is 18.2 Å². The highest BCUT2D eigenvalue weighted by Crippen LogP contribution is 2.44. The van der Waals surface area contributed by atoms with E-state index < -0.39 is 5.82 Å². The van der Waals surface area contributed by atoms with Gasteiger partial charge in [-0.05, 0) is 43.9 Å². The van der Waals surface area contributed by atoms with Crippen LogP contribution in [0.5, 0.6) is 5.75 Å². The number of piperidine rings is 1. The Hall–Kier alpha value is -2.36. The van der Waals surface area contributed by atoms with Crippen LogP contribution >= 0.6 is 24.8 Å². The number of fused-ring (bicyclic) bond motifs is 2. The van der Waals surface area contributed by atoms with Crippen molar-refractivity contribution >= 4 is 36.7 Å². The van der Waals surface area contributed by atoms with Crippen LogP contribution < -0.4 is 21.8 Å². The van der Waals surface area contributed by atoms with E-state index in [4.69, 9.17) is 16.2 Å². The van der Waals surface area contributed by atoms with Crippen LogP contribution in [0, 0.1) is 5.82 Å². The van der Waals surface area contributed by atoms with Gasteiger partial charge in [0, 0.05) is 30.6 Å². The number of aromatic nitrogens is 2. The van der Waals surface area contributed by atoms with Crippen molar-refractivity contribution in [1.29, 1.82) is 0 Å². The number of aromatic amines is 1. The Morgan fingerprint density at radius 2 is 1.97 bits per heavy atom. The first-order chi connectivity index (χ1) is 13.9. The number of hydrogen-bond donors (Lipinski definition) is 3. The number of nitrogens with one attached hydrogen (secondary N) is 1. The molecule has 0 saturated carbocycles. The predicted octanol–water partition coefficient (Wildman–Crippen LogP) is 1.79. The molecule has 1 spiro atoms. The number of nitrogen functional groups attached to an aromatic ring is 1. The molecule has 1 aromatic carbocycles. The van der Waals surface area contributed by atoms with Gasteiger partial charge >= 0.3 is 0 Å². The molecule has 1 aliphatic carbocycles. The number of hydrogen-bond acceptors (Lipinski definition) is 6. The number of benzene rings is 1. The van der Waals surface area contributed by atoms with Crippen molar-refractivity contribution in [3.8, 4) is 5.75 Å². The number of ether oxygens (including phenoxy) is 1. The first-order valence-corrected chi connectivity index (χ1v) is 9.74. The molecular weight excluding hydrogens is 448 g/mol. The van der Waals surface area contributed by atoms with Crippen LogP contribution in [0.2, 0.25) is 0 Å². The second-order valence-electron chi connectivity index (χ2n) is 7.63. The maximum atomic E-state index is 13.8. The van der Waals surface area contributed by atoms with Gasteiger partial charge in [0.25, 0.3) is 11.5 Å². The molecule has 170 valence electrons. The Kier molecular flexibility index (Phi) is 7.91. The molecule has 11 heteroatoms. The van der Waals surface area contributed by atoms with Crippen molar-refractivity contribution in [3.05, 3.63) is 51.2 Å². The summed E-state index contributed by atoms with van der Waals surface area (Å²) in [4.78, 5) is 33.9. The van der Waals surface area contributed by atoms with Crippen molar-refractivity contribution in [1.82, 2.24) is 14.9 Å². The molecule has 8 nitrogen and oxygen atoms in total. The number of nitrogens with two attached hydrogens (primary N) is 2. The van der Waals surface area contributed by atoms with E-state index in [-0.39, 0.29) is 59.8 Å². The maximum absolute atomic E-state index is 13.8. The standard InChI is InChI=1S/C20H24FN5O3.2ClH/c21-12-1-2-15(29-10-7-22)14(11-12)18(28)26-8-5-20(6-9-26)4-3-13-16(20)24-19(23)25-17(13)27;;/h1-2,11H,3-10,22H2,(H3,23,24,25,27);2*1H. The number of anilines is 1. The van der Waals surface area contributed by atoms with E-state index in [2.05, 4.69) is 9.97 Å². The van der Waals surface area contributed by atoms with Gasteiger partial charge in [0.1, 0.15) is 18.2 Å². The summed E-state index contributed by atoms with van der Waals surface area (Å²) in [6, 6.07) is 3.91. The van der Waals surface area contributed by atoms with Crippen molar-refractivity contribution < 1.29 is 13.9 Å². The summed E-state index contributed by atoms with van der Waals surface area (Å²) in [6.45, 7) is 1.51. The summed E-state index contributed by atoms with van der Waals surface area (Å²) >= 11 is 0. The number of likely N-dealkylation sites (tertiary alicyclic amines) is 1. The van der Waals surface area contributed by atoms with Crippen LogP contribution in [0.25, 0.3) is 0 Å². The minimum absolute atomic E-state index is 0. The number of carbonyl (C=O) groups is 1. The molecule has 2 heterocycles. The summed E-state index contributed by atoms with van der Waals surface area (Å²) in [5, 5.41) is 0. The molecule has 1 saturated heterocycles. The summed E-state index contributed by atoms with van der Waals surface area (Å²) in [5.74, 6) is -0.321. The molecule has 0 atom stereocenters. The van der Waals surface area contributed by atoms with Crippen LogP contribution in [0.4, 0.5) is 10.3 Å². The zero-order chi connectivity index (χ0) is 20.6. The number of amides is 1. The van der Waals surface area contributed by atoms with E-state index in [9.17, 15) is 14.0 Å². The second-order valence-corrected chi connectivity index (χ2v) is 7.63. The lowest BCUT2D eigenvalue weighted by Crippen LogP contribution is -2.45. The first-order valence-electron chi connectivity index (χ1n) is 9.74. The molecular formula is C20H26Cl2FN5O3. The van der Waals surface area contributed by atoms with Crippen molar-refractivity contribution in [3.63, 3.8) is 0 Å². The average molecular weight is 474 g/mol. The lowest BCUT2D eigenvalue weighted by molar-refractivity contribution is 0.0659. The molecule has 0 radical (unpaired) electrons. The smallest absolute Gasteiger partial charge is 0.257 e. The Morgan fingerprint density at radius 1 is 1.26 bits per heavy atom. The summed E-state index contributed by atoms with van der Waals surface area (Å²) in [7, 11) is 0. The molecule has 1 aliphatic heterocycles. The zero-order valence-electron chi connectivity index (χ0n) is 16.9. The van der Waals surface area contributed by atoms with Crippen LogP contribution in [-0.4, -0.2) is 47.0 Å². The normalized spacial score (nSPS) is 16.3. The third kappa shape index (κ3) is 4.63. The second kappa shape index (κ2) is 9.84. The summed E-state index contributed by atoms with van der Waals surface area (Å²) in [6.07, 6.45) is 2.83. The Morgan fingerprint density at radius 3 is 2.65 bits per heavy atom. The van der Waals surface area contributed by atoms with Crippen LogP contribution in [-0.2, 0) is 11.8 Å². The SMILES string of the molecule is Cl.Cl.NCCOc1ccc(F)cc1C(=O)N1CCC2(CCc3c2nc(N)[nH]c3=O)CC1. The zero-order valence-corrected chi connectivity index (χ0v) is 18.5. The lowest BCUT2D eigenvalue weighted by atomic mass is 9.76. The van der Waals surface area contributed by atoms with Gasteiger partial charge in [0.2, 0.25) is 5.95 Å². The molecule has 1 amide bonds.